The molecule has 2 aliphatic rings. The molecule has 0 radical (unpaired) electrons. The van der Waals surface area contributed by atoms with Gasteiger partial charge < -0.3 is 9.47 Å². The van der Waals surface area contributed by atoms with Crippen LogP contribution >= 0.6 is 0 Å². The van der Waals surface area contributed by atoms with Crippen molar-refractivity contribution in [1.29, 1.82) is 0 Å². The maximum absolute atomic E-state index is 13.3. The van der Waals surface area contributed by atoms with Crippen molar-refractivity contribution >= 4 is 12.1 Å². The van der Waals surface area contributed by atoms with Crippen molar-refractivity contribution in [3.05, 3.63) is 35.4 Å². The average molecular weight is 357 g/mol. The molecular formula is C17H18F3NO4. The average Bonchev–Trinajstić information content (AvgIpc) is 3.09. The minimum Gasteiger partial charge on any atom is -0.466 e. The van der Waals surface area contributed by atoms with Crippen LogP contribution in [-0.4, -0.2) is 35.7 Å². The molecule has 136 valence electrons. The van der Waals surface area contributed by atoms with Gasteiger partial charge >= 0.3 is 18.2 Å². The maximum Gasteiger partial charge on any atom is 0.416 e. The van der Waals surface area contributed by atoms with Gasteiger partial charge in [0.2, 0.25) is 0 Å². The van der Waals surface area contributed by atoms with Gasteiger partial charge in [-0.3, -0.25) is 9.69 Å². The van der Waals surface area contributed by atoms with Crippen LogP contribution in [0.4, 0.5) is 18.0 Å². The van der Waals surface area contributed by atoms with Crippen LogP contribution in [0.1, 0.15) is 43.4 Å². The van der Waals surface area contributed by atoms with Crippen molar-refractivity contribution in [2.75, 3.05) is 6.61 Å². The van der Waals surface area contributed by atoms with Crippen LogP contribution in [-0.2, 0) is 20.4 Å². The fraction of sp³-hybridized carbons (Fsp3) is 0.529. The van der Waals surface area contributed by atoms with Crippen LogP contribution in [0.2, 0.25) is 0 Å². The van der Waals surface area contributed by atoms with Gasteiger partial charge in [-0.05, 0) is 25.8 Å². The zero-order valence-corrected chi connectivity index (χ0v) is 13.6. The second-order valence-electron chi connectivity index (χ2n) is 6.10. The Balaban J connectivity index is 1.84. The van der Waals surface area contributed by atoms with Crippen molar-refractivity contribution < 1.29 is 32.2 Å². The molecule has 1 aromatic carbocycles. The first-order chi connectivity index (χ1) is 11.8. The number of hydrogen-bond acceptors (Lipinski definition) is 4. The molecule has 3 atom stereocenters. The number of carbonyl (C=O) groups excluding carboxylic acids is 2. The molecule has 0 spiro atoms. The zero-order valence-electron chi connectivity index (χ0n) is 13.6. The van der Waals surface area contributed by atoms with E-state index < -0.39 is 42.0 Å². The van der Waals surface area contributed by atoms with E-state index in [1.54, 1.807) is 6.92 Å². The molecule has 2 aliphatic heterocycles. The Morgan fingerprint density at radius 1 is 1.32 bits per heavy atom. The normalized spacial score (nSPS) is 25.7. The standard InChI is InChI=1S/C17H18F3NO4/c1-2-24-14(22)9-10-7-8-13-15(25-16(23)21(10)13)11-5-3-4-6-12(11)17(18,19)20/h3-6,10,13,15H,2,7-9H2,1H3/t10-,13-,15-/m0/s1. The molecule has 0 aromatic heterocycles. The number of fused-ring (bicyclic) bond motifs is 1. The summed E-state index contributed by atoms with van der Waals surface area (Å²) < 4.78 is 49.9. The largest absolute Gasteiger partial charge is 0.466 e. The van der Waals surface area contributed by atoms with Crippen LogP contribution in [0.25, 0.3) is 0 Å². The number of carbonyl (C=O) groups is 2. The van der Waals surface area contributed by atoms with Crippen LogP contribution in [0.3, 0.4) is 0 Å². The molecule has 8 heteroatoms. The first-order valence-electron chi connectivity index (χ1n) is 8.13. The molecule has 0 aliphatic carbocycles. The second kappa shape index (κ2) is 6.57. The molecule has 0 saturated carbocycles. The Labute approximate surface area is 142 Å². The number of amides is 1. The van der Waals surface area contributed by atoms with Gasteiger partial charge in [0.25, 0.3) is 0 Å². The summed E-state index contributed by atoms with van der Waals surface area (Å²) in [5, 5.41) is 0. The molecule has 25 heavy (non-hydrogen) atoms. The van der Waals surface area contributed by atoms with Crippen LogP contribution in [0, 0.1) is 0 Å². The molecule has 0 bridgehead atoms. The smallest absolute Gasteiger partial charge is 0.416 e. The second-order valence-corrected chi connectivity index (χ2v) is 6.10. The predicted octanol–water partition coefficient (Wildman–Crippen LogP) is 3.68. The van der Waals surface area contributed by atoms with E-state index in [0.717, 1.165) is 6.07 Å². The monoisotopic (exact) mass is 357 g/mol. The minimum absolute atomic E-state index is 0.0209. The number of benzene rings is 1. The van der Waals surface area contributed by atoms with E-state index in [-0.39, 0.29) is 18.6 Å². The Bertz CT molecular complexity index is 676. The summed E-state index contributed by atoms with van der Waals surface area (Å²) in [4.78, 5) is 25.3. The SMILES string of the molecule is CCOC(=O)C[C@@H]1CC[C@H]2[C@H](c3ccccc3C(F)(F)F)OC(=O)N12. The fourth-order valence-corrected chi connectivity index (χ4v) is 3.63. The number of rotatable bonds is 4. The summed E-state index contributed by atoms with van der Waals surface area (Å²) in [6.07, 6.45) is -5.17. The fourth-order valence-electron chi connectivity index (χ4n) is 3.63. The minimum atomic E-state index is -4.53. The van der Waals surface area contributed by atoms with Crippen LogP contribution < -0.4 is 0 Å². The van der Waals surface area contributed by atoms with Gasteiger partial charge in [-0.25, -0.2) is 4.79 Å². The topological polar surface area (TPSA) is 55.8 Å². The van der Waals surface area contributed by atoms with Crippen molar-refractivity contribution in [3.63, 3.8) is 0 Å². The van der Waals surface area contributed by atoms with Crippen molar-refractivity contribution in [1.82, 2.24) is 4.90 Å². The van der Waals surface area contributed by atoms with Gasteiger partial charge in [-0.1, -0.05) is 18.2 Å². The number of ether oxygens (including phenoxy) is 2. The van der Waals surface area contributed by atoms with Gasteiger partial charge in [-0.15, -0.1) is 0 Å². The van der Waals surface area contributed by atoms with Crippen molar-refractivity contribution in [2.45, 2.75) is 50.6 Å². The maximum atomic E-state index is 13.3. The van der Waals surface area contributed by atoms with Crippen LogP contribution in [0.15, 0.2) is 24.3 Å². The summed E-state index contributed by atoms with van der Waals surface area (Å²) in [7, 11) is 0. The first-order valence-corrected chi connectivity index (χ1v) is 8.13. The molecule has 2 fully saturated rings. The Kier molecular flexibility index (Phi) is 4.62. The summed E-state index contributed by atoms with van der Waals surface area (Å²) in [6.45, 7) is 1.92. The van der Waals surface area contributed by atoms with Gasteiger partial charge in [-0.2, -0.15) is 13.2 Å². The third-order valence-electron chi connectivity index (χ3n) is 4.61. The molecule has 2 heterocycles. The summed E-state index contributed by atoms with van der Waals surface area (Å²) in [5.41, 5.74) is -0.851. The summed E-state index contributed by atoms with van der Waals surface area (Å²) >= 11 is 0. The van der Waals surface area contributed by atoms with E-state index in [1.807, 2.05) is 0 Å². The molecule has 0 N–H and O–H groups in total. The Morgan fingerprint density at radius 2 is 2.04 bits per heavy atom. The number of cyclic esters (lactones) is 1. The highest BCUT2D eigenvalue weighted by molar-refractivity contribution is 5.75. The highest BCUT2D eigenvalue weighted by atomic mass is 19.4. The predicted molar refractivity (Wildman–Crippen MR) is 80.6 cm³/mol. The lowest BCUT2D eigenvalue weighted by Gasteiger charge is -2.22. The van der Waals surface area contributed by atoms with Crippen LogP contribution in [0.5, 0.6) is 0 Å². The number of alkyl halides is 3. The third kappa shape index (κ3) is 3.29. The number of esters is 1. The van der Waals surface area contributed by atoms with Crippen molar-refractivity contribution in [3.8, 4) is 0 Å². The Hall–Kier alpha value is -2.25. The van der Waals surface area contributed by atoms with Gasteiger partial charge in [0.15, 0.2) is 0 Å². The van der Waals surface area contributed by atoms with E-state index >= 15 is 0 Å². The van der Waals surface area contributed by atoms with E-state index in [4.69, 9.17) is 9.47 Å². The highest BCUT2D eigenvalue weighted by Gasteiger charge is 2.52. The van der Waals surface area contributed by atoms with Crippen molar-refractivity contribution in [2.24, 2.45) is 0 Å². The molecular weight excluding hydrogens is 339 g/mol. The lowest BCUT2D eigenvalue weighted by molar-refractivity contribution is -0.144. The molecule has 1 aromatic rings. The van der Waals surface area contributed by atoms with E-state index in [2.05, 4.69) is 0 Å². The molecule has 1 amide bonds. The molecule has 3 rings (SSSR count). The van der Waals surface area contributed by atoms with Gasteiger partial charge in [0.1, 0.15) is 6.10 Å². The first kappa shape index (κ1) is 17.6. The zero-order chi connectivity index (χ0) is 18.2. The number of hydrogen-bond donors (Lipinski definition) is 0. The third-order valence-corrected chi connectivity index (χ3v) is 4.61. The molecule has 2 saturated heterocycles. The van der Waals surface area contributed by atoms with E-state index in [1.165, 1.54) is 23.1 Å². The van der Waals surface area contributed by atoms with Gasteiger partial charge in [0.05, 0.1) is 24.6 Å². The highest BCUT2D eigenvalue weighted by Crippen LogP contribution is 2.45. The van der Waals surface area contributed by atoms with E-state index in [9.17, 15) is 22.8 Å². The molecule has 0 unspecified atom stereocenters. The summed E-state index contributed by atoms with van der Waals surface area (Å²) in [6, 6.07) is 4.21. The van der Waals surface area contributed by atoms with E-state index in [0.29, 0.717) is 12.8 Å². The lowest BCUT2D eigenvalue weighted by Crippen LogP contribution is -2.37. The molecule has 5 nitrogen and oxygen atoms in total. The lowest BCUT2D eigenvalue weighted by atomic mass is 9.96. The number of halogens is 3. The number of nitrogens with zero attached hydrogens (tertiary/aromatic N) is 1. The summed E-state index contributed by atoms with van der Waals surface area (Å²) in [5.74, 6) is -0.430. The quantitative estimate of drug-likeness (QED) is 0.772. The van der Waals surface area contributed by atoms with Gasteiger partial charge in [0, 0.05) is 11.6 Å². The Morgan fingerprint density at radius 3 is 2.72 bits per heavy atom.